The summed E-state index contributed by atoms with van der Waals surface area (Å²) in [6.45, 7) is 13.3. The predicted octanol–water partition coefficient (Wildman–Crippen LogP) is 6.20. The highest BCUT2D eigenvalue weighted by Crippen LogP contribution is 2.50. The maximum Gasteiger partial charge on any atom is 0.340 e. The van der Waals surface area contributed by atoms with Crippen molar-refractivity contribution in [3.05, 3.63) is 65.2 Å². The van der Waals surface area contributed by atoms with Crippen LogP contribution in [0.1, 0.15) is 68.9 Å². The smallest absolute Gasteiger partial charge is 0.340 e. The van der Waals surface area contributed by atoms with E-state index in [1.807, 2.05) is 12.1 Å². The molecular formula is C26H34O4. The van der Waals surface area contributed by atoms with E-state index in [4.69, 9.17) is 14.2 Å². The van der Waals surface area contributed by atoms with Crippen LogP contribution in [-0.2, 0) is 15.9 Å². The van der Waals surface area contributed by atoms with Gasteiger partial charge in [0, 0.05) is 0 Å². The van der Waals surface area contributed by atoms with Gasteiger partial charge >= 0.3 is 5.97 Å². The van der Waals surface area contributed by atoms with Crippen molar-refractivity contribution in [2.75, 3.05) is 6.79 Å². The molecule has 0 amide bonds. The third-order valence-electron chi connectivity index (χ3n) is 5.98. The standard InChI is InChI=1S/C26H34O4/c1-17(2)24-22-13-12-21(14-20(22)15-23(24)26(4,5)6)30-18(3)28-16-29-25(27)19-10-8-7-9-11-19/h7-14,17-18,23-24H,15-16H2,1-6H3. The van der Waals surface area contributed by atoms with E-state index >= 15 is 0 Å². The zero-order valence-electron chi connectivity index (χ0n) is 19.0. The van der Waals surface area contributed by atoms with Crippen LogP contribution in [-0.4, -0.2) is 19.1 Å². The first-order chi connectivity index (χ1) is 14.2. The Hall–Kier alpha value is -2.33. The minimum Gasteiger partial charge on any atom is -0.465 e. The van der Waals surface area contributed by atoms with Crippen LogP contribution < -0.4 is 4.74 Å². The number of hydrogen-bond acceptors (Lipinski definition) is 4. The van der Waals surface area contributed by atoms with Crippen LogP contribution in [0.3, 0.4) is 0 Å². The van der Waals surface area contributed by atoms with Crippen LogP contribution in [0, 0.1) is 17.3 Å². The third-order valence-corrected chi connectivity index (χ3v) is 5.98. The van der Waals surface area contributed by atoms with Crippen molar-refractivity contribution < 1.29 is 19.0 Å². The Morgan fingerprint density at radius 1 is 1.07 bits per heavy atom. The van der Waals surface area contributed by atoms with Gasteiger partial charge in [0.15, 0.2) is 6.79 Å². The maximum absolute atomic E-state index is 12.0. The van der Waals surface area contributed by atoms with Crippen molar-refractivity contribution in [1.82, 2.24) is 0 Å². The SMILES string of the molecule is CC(OCOC(=O)c1ccccc1)Oc1ccc2c(c1)CC(C(C)(C)C)C2C(C)C. The minimum atomic E-state index is -0.521. The number of carbonyl (C=O) groups is 1. The van der Waals surface area contributed by atoms with Gasteiger partial charge in [-0.15, -0.1) is 0 Å². The molecule has 0 bridgehead atoms. The predicted molar refractivity (Wildman–Crippen MR) is 119 cm³/mol. The number of carbonyl (C=O) groups excluding carboxylic acids is 1. The van der Waals surface area contributed by atoms with E-state index < -0.39 is 12.3 Å². The van der Waals surface area contributed by atoms with E-state index in [-0.39, 0.29) is 12.2 Å². The van der Waals surface area contributed by atoms with Crippen LogP contribution in [0.5, 0.6) is 5.75 Å². The Bertz CT molecular complexity index is 851. The molecule has 0 heterocycles. The second-order valence-electron chi connectivity index (χ2n) is 9.57. The minimum absolute atomic E-state index is 0.151. The lowest BCUT2D eigenvalue weighted by Crippen LogP contribution is -2.27. The number of rotatable bonds is 7. The molecule has 4 nitrogen and oxygen atoms in total. The maximum atomic E-state index is 12.0. The molecule has 1 aliphatic rings. The fourth-order valence-electron chi connectivity index (χ4n) is 4.47. The number of fused-ring (bicyclic) bond motifs is 1. The summed E-state index contributed by atoms with van der Waals surface area (Å²) in [4.78, 5) is 12.0. The highest BCUT2D eigenvalue weighted by molar-refractivity contribution is 5.89. The first-order valence-electron chi connectivity index (χ1n) is 10.8. The molecule has 0 spiro atoms. The molecule has 162 valence electrons. The molecule has 2 aromatic rings. The molecule has 2 aromatic carbocycles. The second kappa shape index (κ2) is 9.22. The third kappa shape index (κ3) is 5.23. The van der Waals surface area contributed by atoms with Crippen LogP contribution >= 0.6 is 0 Å². The lowest BCUT2D eigenvalue weighted by atomic mass is 9.70. The Labute approximate surface area is 180 Å². The van der Waals surface area contributed by atoms with Gasteiger partial charge in [-0.25, -0.2) is 4.79 Å². The number of esters is 1. The van der Waals surface area contributed by atoms with Crippen molar-refractivity contribution in [2.45, 2.75) is 60.2 Å². The van der Waals surface area contributed by atoms with E-state index in [1.165, 1.54) is 11.1 Å². The van der Waals surface area contributed by atoms with E-state index in [0.29, 0.717) is 23.3 Å². The van der Waals surface area contributed by atoms with Gasteiger partial charge in [0.05, 0.1) is 5.56 Å². The van der Waals surface area contributed by atoms with Crippen molar-refractivity contribution >= 4 is 5.97 Å². The lowest BCUT2D eigenvalue weighted by molar-refractivity contribution is -0.129. The summed E-state index contributed by atoms with van der Waals surface area (Å²) in [7, 11) is 0. The van der Waals surface area contributed by atoms with Crippen molar-refractivity contribution in [3.63, 3.8) is 0 Å². The van der Waals surface area contributed by atoms with E-state index in [1.54, 1.807) is 31.2 Å². The Morgan fingerprint density at radius 3 is 2.40 bits per heavy atom. The molecule has 4 heteroatoms. The summed E-state index contributed by atoms with van der Waals surface area (Å²) >= 11 is 0. The summed E-state index contributed by atoms with van der Waals surface area (Å²) in [5, 5.41) is 0. The number of ether oxygens (including phenoxy) is 3. The molecule has 0 N–H and O–H groups in total. The second-order valence-corrected chi connectivity index (χ2v) is 9.57. The van der Waals surface area contributed by atoms with E-state index in [0.717, 1.165) is 12.2 Å². The summed E-state index contributed by atoms with van der Waals surface area (Å²) in [6, 6.07) is 15.2. The van der Waals surface area contributed by atoms with Gasteiger partial charge in [0.25, 0.3) is 0 Å². The van der Waals surface area contributed by atoms with Gasteiger partial charge in [-0.3, -0.25) is 0 Å². The first-order valence-corrected chi connectivity index (χ1v) is 10.8. The Balaban J connectivity index is 1.57. The summed E-state index contributed by atoms with van der Waals surface area (Å²) in [6.07, 6.45) is 0.551. The van der Waals surface area contributed by atoms with Gasteiger partial charge in [0.2, 0.25) is 6.29 Å². The highest BCUT2D eigenvalue weighted by atomic mass is 16.8. The molecule has 0 saturated heterocycles. The van der Waals surface area contributed by atoms with Gasteiger partial charge < -0.3 is 14.2 Å². The van der Waals surface area contributed by atoms with Crippen molar-refractivity contribution in [2.24, 2.45) is 17.3 Å². The van der Waals surface area contributed by atoms with Gasteiger partial charge in [-0.05, 0) is 71.9 Å². The lowest BCUT2D eigenvalue weighted by Gasteiger charge is -2.34. The Morgan fingerprint density at radius 2 is 1.77 bits per heavy atom. The normalized spacial score (nSPS) is 19.4. The van der Waals surface area contributed by atoms with Gasteiger partial charge in [0.1, 0.15) is 5.75 Å². The molecule has 0 aliphatic heterocycles. The molecule has 30 heavy (non-hydrogen) atoms. The molecule has 0 aromatic heterocycles. The van der Waals surface area contributed by atoms with E-state index in [2.05, 4.69) is 46.8 Å². The fraction of sp³-hybridized carbons (Fsp3) is 0.500. The molecule has 3 unspecified atom stereocenters. The van der Waals surface area contributed by atoms with Crippen molar-refractivity contribution in [3.8, 4) is 5.75 Å². The average molecular weight is 411 g/mol. The Kier molecular flexibility index (Phi) is 6.87. The monoisotopic (exact) mass is 410 g/mol. The summed E-state index contributed by atoms with van der Waals surface area (Å²) in [5.74, 6) is 2.17. The van der Waals surface area contributed by atoms with Crippen LogP contribution in [0.4, 0.5) is 0 Å². The topological polar surface area (TPSA) is 44.8 Å². The number of hydrogen-bond donors (Lipinski definition) is 0. The first kappa shape index (κ1) is 22.4. The molecule has 1 aliphatic carbocycles. The molecule has 3 rings (SSSR count). The highest BCUT2D eigenvalue weighted by Gasteiger charge is 2.40. The van der Waals surface area contributed by atoms with Crippen LogP contribution in [0.15, 0.2) is 48.5 Å². The number of benzene rings is 2. The van der Waals surface area contributed by atoms with Gasteiger partial charge in [-0.2, -0.15) is 0 Å². The fourth-order valence-corrected chi connectivity index (χ4v) is 4.47. The largest absolute Gasteiger partial charge is 0.465 e. The van der Waals surface area contributed by atoms with Crippen LogP contribution in [0.2, 0.25) is 0 Å². The quantitative estimate of drug-likeness (QED) is 0.403. The van der Waals surface area contributed by atoms with Crippen molar-refractivity contribution in [1.29, 1.82) is 0 Å². The summed E-state index contributed by atoms with van der Waals surface area (Å²) < 4.78 is 16.6. The van der Waals surface area contributed by atoms with Gasteiger partial charge in [-0.1, -0.05) is 58.9 Å². The van der Waals surface area contributed by atoms with E-state index in [9.17, 15) is 4.79 Å². The zero-order chi connectivity index (χ0) is 21.9. The molecular weight excluding hydrogens is 376 g/mol. The molecule has 0 saturated carbocycles. The summed E-state index contributed by atoms with van der Waals surface area (Å²) in [5.41, 5.74) is 3.58. The average Bonchev–Trinajstić information content (AvgIpc) is 3.08. The molecule has 0 radical (unpaired) electrons. The van der Waals surface area contributed by atoms with Crippen LogP contribution in [0.25, 0.3) is 0 Å². The zero-order valence-corrected chi connectivity index (χ0v) is 19.0. The molecule has 3 atom stereocenters. The molecule has 0 fully saturated rings.